The van der Waals surface area contributed by atoms with Crippen molar-refractivity contribution in [3.8, 4) is 12.1 Å². The molecule has 0 saturated carbocycles. The maximum absolute atomic E-state index is 10.1. The number of benzene rings is 4. The van der Waals surface area contributed by atoms with E-state index in [1.165, 1.54) is 0 Å². The first-order valence-corrected chi connectivity index (χ1v) is 13.7. The predicted octanol–water partition coefficient (Wildman–Crippen LogP) is 8.52. The van der Waals surface area contributed by atoms with Crippen molar-refractivity contribution in [2.75, 3.05) is 13.2 Å². The van der Waals surface area contributed by atoms with Gasteiger partial charge in [0.15, 0.2) is 0 Å². The molecule has 4 heteroatoms. The molecule has 0 radical (unpaired) electrons. The fourth-order valence-electron chi connectivity index (χ4n) is 4.76. The summed E-state index contributed by atoms with van der Waals surface area (Å²) in [7, 11) is 0. The predicted molar refractivity (Wildman–Crippen MR) is 163 cm³/mol. The highest BCUT2D eigenvalue weighted by Gasteiger charge is 2.23. The second kappa shape index (κ2) is 14.4. The Labute approximate surface area is 243 Å². The van der Waals surface area contributed by atoms with Crippen LogP contribution < -0.4 is 0 Å². The molecule has 0 saturated heterocycles. The number of hydrogen-bond donors (Lipinski definition) is 0. The van der Waals surface area contributed by atoms with E-state index < -0.39 is 0 Å². The zero-order valence-electron chi connectivity index (χ0n) is 23.5. The molecule has 4 aromatic rings. The van der Waals surface area contributed by atoms with Crippen molar-refractivity contribution in [1.82, 2.24) is 0 Å². The summed E-state index contributed by atoms with van der Waals surface area (Å²) in [6.07, 6.45) is 3.15. The van der Waals surface area contributed by atoms with E-state index in [0.29, 0.717) is 24.4 Å². The minimum Gasteiger partial charge on any atom is -0.499 e. The van der Waals surface area contributed by atoms with E-state index in [1.54, 1.807) is 12.5 Å². The van der Waals surface area contributed by atoms with E-state index in [-0.39, 0.29) is 17.3 Å². The Kier molecular flexibility index (Phi) is 10.1. The third-order valence-corrected chi connectivity index (χ3v) is 6.78. The summed E-state index contributed by atoms with van der Waals surface area (Å²) in [6.45, 7) is 4.74. The summed E-state index contributed by atoms with van der Waals surface area (Å²) in [5.74, 6) is -0.452. The summed E-state index contributed by atoms with van der Waals surface area (Å²) in [5.41, 5.74) is 4.78. The van der Waals surface area contributed by atoms with Gasteiger partial charge in [-0.1, -0.05) is 135 Å². The smallest absolute Gasteiger partial charge is 0.0989 e. The number of rotatable bonds is 12. The molecule has 0 fully saturated rings. The second-order valence-electron chi connectivity index (χ2n) is 10.7. The van der Waals surface area contributed by atoms with Crippen molar-refractivity contribution in [1.29, 1.82) is 10.5 Å². The van der Waals surface area contributed by atoms with Crippen molar-refractivity contribution < 1.29 is 9.47 Å². The van der Waals surface area contributed by atoms with E-state index in [1.807, 2.05) is 135 Å². The summed E-state index contributed by atoms with van der Waals surface area (Å²) in [6, 6.07) is 44.6. The highest BCUT2D eigenvalue weighted by Crippen LogP contribution is 2.33. The fourth-order valence-corrected chi connectivity index (χ4v) is 4.76. The highest BCUT2D eigenvalue weighted by atomic mass is 16.5. The standard InChI is InChI=1S/C37H34N2O2/c1-37(2,27-40-25-33(23-38)35(29-15-7-3-8-16-29)30-17-9-4-10-18-30)28-41-26-34(24-39)36(31-19-11-5-12-20-31)32-21-13-6-14-22-32/h3-22,25-26,35-36H,27-28H2,1-2H3. The van der Waals surface area contributed by atoms with Gasteiger partial charge in [-0.15, -0.1) is 0 Å². The van der Waals surface area contributed by atoms with Crippen LogP contribution in [-0.2, 0) is 9.47 Å². The Balaban J connectivity index is 1.46. The van der Waals surface area contributed by atoms with Gasteiger partial charge in [-0.2, -0.15) is 10.5 Å². The van der Waals surface area contributed by atoms with E-state index in [0.717, 1.165) is 22.3 Å². The molecule has 204 valence electrons. The van der Waals surface area contributed by atoms with E-state index >= 15 is 0 Å². The molecular formula is C37H34N2O2. The molecule has 0 bridgehead atoms. The van der Waals surface area contributed by atoms with Gasteiger partial charge in [0, 0.05) is 17.3 Å². The van der Waals surface area contributed by atoms with Crippen LogP contribution in [0, 0.1) is 28.1 Å². The van der Waals surface area contributed by atoms with Crippen LogP contribution in [-0.4, -0.2) is 13.2 Å². The normalized spacial score (nSPS) is 12.0. The number of nitriles is 2. The van der Waals surface area contributed by atoms with Crippen LogP contribution >= 0.6 is 0 Å². The van der Waals surface area contributed by atoms with Crippen LogP contribution in [0.15, 0.2) is 145 Å². The van der Waals surface area contributed by atoms with Crippen molar-refractivity contribution >= 4 is 0 Å². The lowest BCUT2D eigenvalue weighted by molar-refractivity contribution is 0.0643. The van der Waals surface area contributed by atoms with Crippen LogP contribution in [0.4, 0.5) is 0 Å². The molecule has 0 heterocycles. The lowest BCUT2D eigenvalue weighted by Crippen LogP contribution is -2.24. The third kappa shape index (κ3) is 7.98. The summed E-state index contributed by atoms with van der Waals surface area (Å²) in [4.78, 5) is 0. The molecule has 41 heavy (non-hydrogen) atoms. The van der Waals surface area contributed by atoms with E-state index in [2.05, 4.69) is 12.1 Å². The summed E-state index contributed by atoms with van der Waals surface area (Å²) in [5, 5.41) is 20.1. The van der Waals surface area contributed by atoms with Gasteiger partial charge < -0.3 is 9.47 Å². The molecule has 0 amide bonds. The maximum atomic E-state index is 10.1. The first-order chi connectivity index (χ1) is 20.0. The molecule has 4 nitrogen and oxygen atoms in total. The highest BCUT2D eigenvalue weighted by molar-refractivity contribution is 5.46. The van der Waals surface area contributed by atoms with Gasteiger partial charge in [-0.05, 0) is 22.3 Å². The quantitative estimate of drug-likeness (QED) is 0.134. The average Bonchev–Trinajstić information content (AvgIpc) is 3.02. The average molecular weight is 539 g/mol. The molecule has 0 spiro atoms. The molecule has 4 rings (SSSR count). The van der Waals surface area contributed by atoms with Gasteiger partial charge in [0.2, 0.25) is 0 Å². The van der Waals surface area contributed by atoms with Crippen molar-refractivity contribution in [3.05, 3.63) is 167 Å². The molecule has 0 aromatic heterocycles. The lowest BCUT2D eigenvalue weighted by atomic mass is 9.86. The summed E-state index contributed by atoms with van der Waals surface area (Å²) < 4.78 is 12.0. The number of nitrogens with zero attached hydrogens (tertiary/aromatic N) is 2. The molecule has 0 unspecified atom stereocenters. The maximum Gasteiger partial charge on any atom is 0.0989 e. The summed E-state index contributed by atoms with van der Waals surface area (Å²) >= 11 is 0. The van der Waals surface area contributed by atoms with Gasteiger partial charge in [-0.3, -0.25) is 0 Å². The fraction of sp³-hybridized carbons (Fsp3) is 0.189. The largest absolute Gasteiger partial charge is 0.499 e. The van der Waals surface area contributed by atoms with Crippen molar-refractivity contribution in [2.24, 2.45) is 5.41 Å². The van der Waals surface area contributed by atoms with Crippen LogP contribution in [0.25, 0.3) is 0 Å². The number of ether oxygens (including phenoxy) is 2. The molecular weight excluding hydrogens is 504 g/mol. The van der Waals surface area contributed by atoms with Crippen LogP contribution in [0.1, 0.15) is 47.9 Å². The van der Waals surface area contributed by atoms with Crippen LogP contribution in [0.3, 0.4) is 0 Å². The van der Waals surface area contributed by atoms with Gasteiger partial charge in [0.05, 0.1) is 49.0 Å². The minimum atomic E-state index is -0.377. The van der Waals surface area contributed by atoms with Crippen molar-refractivity contribution in [3.63, 3.8) is 0 Å². The van der Waals surface area contributed by atoms with Gasteiger partial charge in [0.25, 0.3) is 0 Å². The number of hydrogen-bond acceptors (Lipinski definition) is 4. The number of allylic oxidation sites excluding steroid dienone is 2. The first kappa shape index (κ1) is 28.9. The Morgan fingerprint density at radius 3 is 1.07 bits per heavy atom. The van der Waals surface area contributed by atoms with Crippen molar-refractivity contribution in [2.45, 2.75) is 25.7 Å². The Hall–Kier alpha value is -5.06. The second-order valence-corrected chi connectivity index (χ2v) is 10.7. The lowest BCUT2D eigenvalue weighted by Gasteiger charge is -2.24. The van der Waals surface area contributed by atoms with Crippen LogP contribution in [0.5, 0.6) is 0 Å². The van der Waals surface area contributed by atoms with Gasteiger partial charge in [0.1, 0.15) is 0 Å². The Morgan fingerprint density at radius 2 is 0.829 bits per heavy atom. The molecule has 0 aliphatic heterocycles. The van der Waals surface area contributed by atoms with Gasteiger partial charge in [-0.25, -0.2) is 0 Å². The molecule has 4 aromatic carbocycles. The van der Waals surface area contributed by atoms with E-state index in [9.17, 15) is 10.5 Å². The first-order valence-electron chi connectivity index (χ1n) is 13.7. The molecule has 0 aliphatic carbocycles. The minimum absolute atomic E-state index is 0.226. The molecule has 0 atom stereocenters. The topological polar surface area (TPSA) is 66.0 Å². The van der Waals surface area contributed by atoms with Crippen LogP contribution in [0.2, 0.25) is 0 Å². The third-order valence-electron chi connectivity index (χ3n) is 6.78. The molecule has 0 N–H and O–H groups in total. The Morgan fingerprint density at radius 1 is 0.561 bits per heavy atom. The zero-order valence-corrected chi connectivity index (χ0v) is 23.5. The van der Waals surface area contributed by atoms with Gasteiger partial charge >= 0.3 is 0 Å². The zero-order chi connectivity index (χ0) is 28.9. The SMILES string of the molecule is CC(C)(COC=C(C#N)C(c1ccccc1)c1ccccc1)COC=C(C#N)C(c1ccccc1)c1ccccc1. The monoisotopic (exact) mass is 538 g/mol. The van der Waals surface area contributed by atoms with E-state index in [4.69, 9.17) is 9.47 Å². The Bertz CT molecular complexity index is 1320. The molecule has 0 aliphatic rings.